The Labute approximate surface area is 214 Å². The first-order valence-corrected chi connectivity index (χ1v) is 11.7. The molecule has 9 nitrogen and oxygen atoms in total. The summed E-state index contributed by atoms with van der Waals surface area (Å²) >= 11 is 0. The smallest absolute Gasteiger partial charge is 0.305 e. The number of carboxylic acids is 1. The van der Waals surface area contributed by atoms with Crippen LogP contribution in [-0.2, 0) is 4.79 Å². The van der Waals surface area contributed by atoms with E-state index >= 15 is 0 Å². The maximum absolute atomic E-state index is 10.8. The highest BCUT2D eigenvalue weighted by Gasteiger charge is 2.17. The van der Waals surface area contributed by atoms with Crippen molar-refractivity contribution in [3.05, 3.63) is 96.8 Å². The molecule has 0 spiro atoms. The van der Waals surface area contributed by atoms with E-state index in [-0.39, 0.29) is 6.42 Å². The maximum atomic E-state index is 10.8. The van der Waals surface area contributed by atoms with E-state index in [0.29, 0.717) is 17.3 Å². The molecule has 4 aromatic rings. The number of hydrogen-bond donors (Lipinski definition) is 4. The summed E-state index contributed by atoms with van der Waals surface area (Å²) in [6, 6.07) is 19.1. The summed E-state index contributed by atoms with van der Waals surface area (Å²) in [6.07, 6.45) is 5.53. The van der Waals surface area contributed by atoms with Crippen molar-refractivity contribution < 1.29 is 20.1 Å². The van der Waals surface area contributed by atoms with Crippen LogP contribution in [0.15, 0.2) is 85.7 Å². The summed E-state index contributed by atoms with van der Waals surface area (Å²) in [6.45, 7) is 3.85. The number of carboxylic acid groups (broad SMARTS) is 1. The summed E-state index contributed by atoms with van der Waals surface area (Å²) in [7, 11) is 0. The number of nitrogens with zero attached hydrogens (tertiary/aromatic N) is 4. The fourth-order valence-electron chi connectivity index (χ4n) is 3.79. The molecular formula is C28H27N5O4. The zero-order valence-corrected chi connectivity index (χ0v) is 20.0. The predicted molar refractivity (Wildman–Crippen MR) is 142 cm³/mol. The van der Waals surface area contributed by atoms with Gasteiger partial charge in [-0.25, -0.2) is 9.67 Å². The molecule has 0 saturated heterocycles. The van der Waals surface area contributed by atoms with Crippen LogP contribution >= 0.6 is 0 Å². The topological polar surface area (TPSA) is 133 Å². The average Bonchev–Trinajstić information content (AvgIpc) is 3.32. The minimum absolute atomic E-state index is 0.0986. The number of hydrogen-bond acceptors (Lipinski definition) is 7. The van der Waals surface area contributed by atoms with Crippen molar-refractivity contribution in [3.63, 3.8) is 0 Å². The summed E-state index contributed by atoms with van der Waals surface area (Å²) in [4.78, 5) is 19.7. The Bertz CT molecular complexity index is 1400. The molecule has 0 radical (unpaired) electrons. The first-order chi connectivity index (χ1) is 17.9. The number of aliphatic carboxylic acids is 1. The zero-order chi connectivity index (χ0) is 26.2. The fourth-order valence-corrected chi connectivity index (χ4v) is 3.79. The van der Waals surface area contributed by atoms with Crippen LogP contribution in [0.3, 0.4) is 0 Å². The van der Waals surface area contributed by atoms with E-state index in [9.17, 15) is 15.0 Å². The van der Waals surface area contributed by atoms with Gasteiger partial charge >= 0.3 is 5.97 Å². The second-order valence-corrected chi connectivity index (χ2v) is 8.33. The van der Waals surface area contributed by atoms with Crippen LogP contribution in [0.2, 0.25) is 0 Å². The van der Waals surface area contributed by atoms with Gasteiger partial charge < -0.3 is 20.6 Å². The SMILES string of the molecule is C=Cc1cccc(-c2c(/C=C/[C@@H](O)C[C@@H](O)CC(=O)O)cnn2-c2ccnc(Nc3ccccc3)n2)c1. The van der Waals surface area contributed by atoms with E-state index in [1.807, 2.05) is 54.6 Å². The molecule has 2 aromatic heterocycles. The predicted octanol–water partition coefficient (Wildman–Crippen LogP) is 4.32. The van der Waals surface area contributed by atoms with Crippen molar-refractivity contribution in [1.82, 2.24) is 19.7 Å². The molecule has 2 atom stereocenters. The van der Waals surface area contributed by atoms with Crippen LogP contribution in [0, 0.1) is 0 Å². The van der Waals surface area contributed by atoms with Gasteiger partial charge in [0.15, 0.2) is 5.82 Å². The van der Waals surface area contributed by atoms with Crippen LogP contribution in [0.5, 0.6) is 0 Å². The third-order valence-electron chi connectivity index (χ3n) is 5.50. The Hall–Kier alpha value is -4.60. The van der Waals surface area contributed by atoms with Gasteiger partial charge in [0.05, 0.1) is 30.5 Å². The molecule has 0 unspecified atom stereocenters. The lowest BCUT2D eigenvalue weighted by molar-refractivity contribution is -0.139. The van der Waals surface area contributed by atoms with Gasteiger partial charge in [0, 0.05) is 35.5 Å². The molecule has 188 valence electrons. The van der Waals surface area contributed by atoms with Gasteiger partial charge in [-0.2, -0.15) is 10.1 Å². The van der Waals surface area contributed by atoms with Gasteiger partial charge in [0.2, 0.25) is 5.95 Å². The number of aromatic nitrogens is 4. The van der Waals surface area contributed by atoms with Crippen molar-refractivity contribution in [2.45, 2.75) is 25.0 Å². The van der Waals surface area contributed by atoms with E-state index in [0.717, 1.165) is 22.5 Å². The fraction of sp³-hybridized carbons (Fsp3) is 0.143. The number of aliphatic hydroxyl groups excluding tert-OH is 2. The van der Waals surface area contributed by atoms with E-state index in [1.165, 1.54) is 6.08 Å². The lowest BCUT2D eigenvalue weighted by atomic mass is 10.0. The molecule has 0 aliphatic carbocycles. The number of carbonyl (C=O) groups is 1. The van der Waals surface area contributed by atoms with Crippen LogP contribution in [0.4, 0.5) is 11.6 Å². The molecule has 0 aliphatic rings. The van der Waals surface area contributed by atoms with Crippen molar-refractivity contribution in [3.8, 4) is 17.1 Å². The number of nitrogens with one attached hydrogen (secondary N) is 1. The normalized spacial score (nSPS) is 12.8. The third kappa shape index (κ3) is 6.75. The van der Waals surface area contributed by atoms with Gasteiger partial charge in [-0.15, -0.1) is 0 Å². The molecule has 0 amide bonds. The quantitative estimate of drug-likeness (QED) is 0.241. The number of anilines is 2. The molecule has 37 heavy (non-hydrogen) atoms. The van der Waals surface area contributed by atoms with Gasteiger partial charge in [0.25, 0.3) is 0 Å². The Morgan fingerprint density at radius 2 is 1.92 bits per heavy atom. The molecule has 9 heteroatoms. The molecule has 0 fully saturated rings. The van der Waals surface area contributed by atoms with Gasteiger partial charge in [0.1, 0.15) is 0 Å². The van der Waals surface area contributed by atoms with E-state index in [2.05, 4.69) is 27.0 Å². The second kappa shape index (κ2) is 11.9. The molecule has 2 aromatic carbocycles. The van der Waals surface area contributed by atoms with E-state index < -0.39 is 24.6 Å². The minimum atomic E-state index is -1.15. The number of aliphatic hydroxyl groups is 2. The van der Waals surface area contributed by atoms with Gasteiger partial charge in [-0.3, -0.25) is 4.79 Å². The standard InChI is InChI=1S/C28H27N5O4/c1-2-19-7-6-8-20(15-19)27-21(11-12-23(34)16-24(35)17-26(36)37)18-30-33(27)25-13-14-29-28(32-25)31-22-9-4-3-5-10-22/h2-15,18,23-24,34-35H,1,16-17H2,(H,36,37)(H,29,31,32)/b12-11+/t23-,24-/m1/s1. The molecule has 2 heterocycles. The van der Waals surface area contributed by atoms with E-state index in [4.69, 9.17) is 5.11 Å². The molecule has 0 saturated carbocycles. The lowest BCUT2D eigenvalue weighted by Gasteiger charge is -2.12. The Kier molecular flexibility index (Phi) is 8.19. The summed E-state index contributed by atoms with van der Waals surface area (Å²) in [5.74, 6) is -0.185. The van der Waals surface area contributed by atoms with E-state index in [1.54, 1.807) is 35.3 Å². The Morgan fingerprint density at radius 3 is 2.68 bits per heavy atom. The molecular weight excluding hydrogens is 470 g/mol. The summed E-state index contributed by atoms with van der Waals surface area (Å²) < 4.78 is 1.69. The molecule has 4 N–H and O–H groups in total. The number of rotatable bonds is 11. The van der Waals surface area contributed by atoms with Crippen molar-refractivity contribution in [1.29, 1.82) is 0 Å². The summed E-state index contributed by atoms with van der Waals surface area (Å²) in [5, 5.41) is 36.7. The largest absolute Gasteiger partial charge is 0.481 e. The van der Waals surface area contributed by atoms with Gasteiger partial charge in [-0.05, 0) is 23.8 Å². The average molecular weight is 498 g/mol. The molecule has 0 bridgehead atoms. The zero-order valence-electron chi connectivity index (χ0n) is 20.0. The van der Waals surface area contributed by atoms with Crippen LogP contribution in [-0.4, -0.2) is 53.2 Å². The summed E-state index contributed by atoms with van der Waals surface area (Å²) in [5.41, 5.74) is 4.05. The van der Waals surface area contributed by atoms with Crippen LogP contribution in [0.1, 0.15) is 24.0 Å². The minimum Gasteiger partial charge on any atom is -0.481 e. The lowest BCUT2D eigenvalue weighted by Crippen LogP contribution is -2.19. The van der Waals surface area contributed by atoms with Crippen LogP contribution < -0.4 is 5.32 Å². The molecule has 0 aliphatic heterocycles. The monoisotopic (exact) mass is 497 g/mol. The highest BCUT2D eigenvalue weighted by atomic mass is 16.4. The third-order valence-corrected chi connectivity index (χ3v) is 5.50. The first-order valence-electron chi connectivity index (χ1n) is 11.7. The van der Waals surface area contributed by atoms with Gasteiger partial charge in [-0.1, -0.05) is 61.2 Å². The van der Waals surface area contributed by atoms with Crippen molar-refractivity contribution >= 4 is 29.8 Å². The Balaban J connectivity index is 1.69. The second-order valence-electron chi connectivity index (χ2n) is 8.33. The highest BCUT2D eigenvalue weighted by Crippen LogP contribution is 2.29. The highest BCUT2D eigenvalue weighted by molar-refractivity contribution is 5.75. The van der Waals surface area contributed by atoms with Crippen molar-refractivity contribution in [2.24, 2.45) is 0 Å². The number of benzene rings is 2. The Morgan fingerprint density at radius 1 is 1.11 bits per heavy atom. The van der Waals surface area contributed by atoms with Crippen LogP contribution in [0.25, 0.3) is 29.2 Å². The first kappa shape index (κ1) is 25.5. The maximum Gasteiger partial charge on any atom is 0.305 e. The molecule has 4 rings (SSSR count). The van der Waals surface area contributed by atoms with Crippen molar-refractivity contribution in [2.75, 3.05) is 5.32 Å². The number of para-hydroxylation sites is 1.